The van der Waals surface area contributed by atoms with E-state index in [2.05, 4.69) is 20.5 Å². The maximum atomic E-state index is 12.3. The first-order chi connectivity index (χ1) is 11.6. The van der Waals surface area contributed by atoms with Crippen LogP contribution >= 0.6 is 0 Å². The third kappa shape index (κ3) is 3.82. The van der Waals surface area contributed by atoms with Gasteiger partial charge in [-0.1, -0.05) is 0 Å². The molecule has 2 amide bonds. The molecule has 0 radical (unpaired) electrons. The van der Waals surface area contributed by atoms with Gasteiger partial charge in [-0.2, -0.15) is 0 Å². The summed E-state index contributed by atoms with van der Waals surface area (Å²) < 4.78 is 0. The van der Waals surface area contributed by atoms with Crippen LogP contribution in [-0.4, -0.2) is 83.6 Å². The minimum atomic E-state index is -0.542. The molecule has 0 aromatic carbocycles. The van der Waals surface area contributed by atoms with Gasteiger partial charge in [0.1, 0.15) is 5.75 Å². The topological polar surface area (TPSA) is 97.8 Å². The lowest BCUT2D eigenvalue weighted by atomic mass is 10.2. The summed E-state index contributed by atoms with van der Waals surface area (Å²) in [7, 11) is 0. The Hall–Kier alpha value is -2.19. The van der Waals surface area contributed by atoms with E-state index in [1.54, 1.807) is 4.90 Å². The van der Waals surface area contributed by atoms with Crippen LogP contribution in [0.25, 0.3) is 0 Å². The third-order valence-corrected chi connectivity index (χ3v) is 4.59. The van der Waals surface area contributed by atoms with Crippen molar-refractivity contribution in [2.75, 3.05) is 45.8 Å². The fourth-order valence-electron chi connectivity index (χ4n) is 3.24. The summed E-state index contributed by atoms with van der Waals surface area (Å²) in [6.07, 6.45) is 2.40. The number of likely N-dealkylation sites (tertiary alicyclic amines) is 1. The average Bonchev–Trinajstić information content (AvgIpc) is 3.11. The Balaban J connectivity index is 1.47. The molecule has 3 N–H and O–H groups in total. The smallest absolute Gasteiger partial charge is 0.274 e. The molecule has 2 fully saturated rings. The maximum Gasteiger partial charge on any atom is 0.274 e. The van der Waals surface area contributed by atoms with Gasteiger partial charge in [0.25, 0.3) is 5.91 Å². The lowest BCUT2D eigenvalue weighted by Gasteiger charge is -2.32. The molecule has 8 nitrogen and oxygen atoms in total. The van der Waals surface area contributed by atoms with Crippen molar-refractivity contribution >= 4 is 11.8 Å². The zero-order valence-electron chi connectivity index (χ0n) is 13.6. The summed E-state index contributed by atoms with van der Waals surface area (Å²) in [5, 5.41) is 15.5. The van der Waals surface area contributed by atoms with Gasteiger partial charge >= 0.3 is 0 Å². The molecule has 1 atom stereocenters. The summed E-state index contributed by atoms with van der Waals surface area (Å²) in [4.78, 5) is 32.3. The van der Waals surface area contributed by atoms with E-state index in [1.165, 1.54) is 18.3 Å². The molecule has 0 aliphatic carbocycles. The van der Waals surface area contributed by atoms with Crippen LogP contribution in [0.3, 0.4) is 0 Å². The maximum absolute atomic E-state index is 12.3. The van der Waals surface area contributed by atoms with Crippen LogP contribution in [0.4, 0.5) is 0 Å². The number of pyridine rings is 1. The fourth-order valence-corrected chi connectivity index (χ4v) is 3.24. The van der Waals surface area contributed by atoms with Crippen LogP contribution in [0, 0.1) is 0 Å². The summed E-state index contributed by atoms with van der Waals surface area (Å²) in [5.74, 6) is -0.835. The van der Waals surface area contributed by atoms with E-state index in [0.717, 1.165) is 39.1 Å². The molecule has 0 saturated carbocycles. The molecule has 2 aliphatic rings. The molecule has 2 aliphatic heterocycles. The monoisotopic (exact) mass is 333 g/mol. The van der Waals surface area contributed by atoms with Gasteiger partial charge in [-0.3, -0.25) is 14.5 Å². The molecular formula is C16H23N5O3. The van der Waals surface area contributed by atoms with Crippen LogP contribution in [0.5, 0.6) is 5.75 Å². The molecule has 1 aromatic heterocycles. The normalized spacial score (nSPS) is 21.7. The van der Waals surface area contributed by atoms with Gasteiger partial charge in [0.15, 0.2) is 5.69 Å². The number of carbonyl (C=O) groups excluding carboxylic acids is 2. The van der Waals surface area contributed by atoms with Crippen LogP contribution in [0.2, 0.25) is 0 Å². The summed E-state index contributed by atoms with van der Waals surface area (Å²) in [5.41, 5.74) is -0.0644. The van der Waals surface area contributed by atoms with Gasteiger partial charge in [-0.25, -0.2) is 4.98 Å². The van der Waals surface area contributed by atoms with Crippen molar-refractivity contribution in [1.29, 1.82) is 0 Å². The number of nitrogens with one attached hydrogen (secondary N) is 2. The van der Waals surface area contributed by atoms with Crippen molar-refractivity contribution < 1.29 is 14.7 Å². The largest absolute Gasteiger partial charge is 0.505 e. The van der Waals surface area contributed by atoms with Crippen molar-refractivity contribution in [2.24, 2.45) is 0 Å². The Morgan fingerprint density at radius 1 is 1.33 bits per heavy atom. The summed E-state index contributed by atoms with van der Waals surface area (Å²) >= 11 is 0. The predicted molar refractivity (Wildman–Crippen MR) is 87.7 cm³/mol. The minimum absolute atomic E-state index is 0.0644. The SMILES string of the molecule is O=C(NCC(=O)N1CCC(N2CCNCC2)C1)c1ncccc1O. The Morgan fingerprint density at radius 3 is 2.88 bits per heavy atom. The lowest BCUT2D eigenvalue weighted by Crippen LogP contribution is -2.49. The molecule has 2 saturated heterocycles. The van der Waals surface area contributed by atoms with E-state index in [9.17, 15) is 14.7 Å². The van der Waals surface area contributed by atoms with E-state index in [4.69, 9.17) is 0 Å². The second-order valence-electron chi connectivity index (χ2n) is 6.12. The van der Waals surface area contributed by atoms with E-state index < -0.39 is 5.91 Å². The number of aromatic nitrogens is 1. The number of hydrogen-bond donors (Lipinski definition) is 3. The lowest BCUT2D eigenvalue weighted by molar-refractivity contribution is -0.129. The number of hydrogen-bond acceptors (Lipinski definition) is 6. The molecule has 3 heterocycles. The summed E-state index contributed by atoms with van der Waals surface area (Å²) in [6.45, 7) is 5.37. The van der Waals surface area contributed by atoms with Gasteiger partial charge in [0.05, 0.1) is 6.54 Å². The molecule has 0 spiro atoms. The molecule has 1 aromatic rings. The molecule has 3 rings (SSSR count). The van der Waals surface area contributed by atoms with Crippen molar-refractivity contribution in [3.05, 3.63) is 24.0 Å². The third-order valence-electron chi connectivity index (χ3n) is 4.59. The average molecular weight is 333 g/mol. The van der Waals surface area contributed by atoms with Crippen LogP contribution in [0.15, 0.2) is 18.3 Å². The second-order valence-corrected chi connectivity index (χ2v) is 6.12. The zero-order valence-corrected chi connectivity index (χ0v) is 13.6. The van der Waals surface area contributed by atoms with Crippen molar-refractivity contribution in [1.82, 2.24) is 25.4 Å². The van der Waals surface area contributed by atoms with Crippen molar-refractivity contribution in [2.45, 2.75) is 12.5 Å². The quantitative estimate of drug-likeness (QED) is 0.655. The van der Waals surface area contributed by atoms with Crippen LogP contribution < -0.4 is 10.6 Å². The first kappa shape index (κ1) is 16.7. The number of piperazine rings is 1. The predicted octanol–water partition coefficient (Wildman–Crippen LogP) is -0.977. The standard InChI is InChI=1S/C16H23N5O3/c22-13-2-1-4-18-15(13)16(24)19-10-14(23)21-7-3-12(11-21)20-8-5-17-6-9-20/h1-2,4,12,17,22H,3,5-11H2,(H,19,24). The van der Waals surface area contributed by atoms with Crippen molar-refractivity contribution in [3.63, 3.8) is 0 Å². The molecule has 130 valence electrons. The number of rotatable bonds is 4. The van der Waals surface area contributed by atoms with E-state index >= 15 is 0 Å². The Kier molecular flexibility index (Phi) is 5.27. The Bertz CT molecular complexity index is 603. The number of carbonyl (C=O) groups is 2. The minimum Gasteiger partial charge on any atom is -0.505 e. The van der Waals surface area contributed by atoms with Gasteiger partial charge in [-0.05, 0) is 18.6 Å². The highest BCUT2D eigenvalue weighted by atomic mass is 16.3. The van der Waals surface area contributed by atoms with Crippen molar-refractivity contribution in [3.8, 4) is 5.75 Å². The van der Waals surface area contributed by atoms with Gasteiger partial charge < -0.3 is 20.6 Å². The fraction of sp³-hybridized carbons (Fsp3) is 0.562. The number of nitrogens with zero attached hydrogens (tertiary/aromatic N) is 3. The number of aromatic hydroxyl groups is 1. The molecule has 8 heteroatoms. The second kappa shape index (κ2) is 7.59. The van der Waals surface area contributed by atoms with E-state index in [-0.39, 0.29) is 23.9 Å². The first-order valence-corrected chi connectivity index (χ1v) is 8.30. The Labute approximate surface area is 140 Å². The molecular weight excluding hydrogens is 310 g/mol. The summed E-state index contributed by atoms with van der Waals surface area (Å²) in [6, 6.07) is 3.34. The van der Waals surface area contributed by atoms with E-state index in [1.807, 2.05) is 0 Å². The van der Waals surface area contributed by atoms with Gasteiger partial charge in [0.2, 0.25) is 5.91 Å². The molecule has 24 heavy (non-hydrogen) atoms. The van der Waals surface area contributed by atoms with Gasteiger partial charge in [0, 0.05) is 51.5 Å². The van der Waals surface area contributed by atoms with Crippen LogP contribution in [-0.2, 0) is 4.79 Å². The number of amides is 2. The Morgan fingerprint density at radius 2 is 2.12 bits per heavy atom. The van der Waals surface area contributed by atoms with Gasteiger partial charge in [-0.15, -0.1) is 0 Å². The first-order valence-electron chi connectivity index (χ1n) is 8.30. The van der Waals surface area contributed by atoms with E-state index in [0.29, 0.717) is 12.6 Å². The van der Waals surface area contributed by atoms with Crippen LogP contribution in [0.1, 0.15) is 16.9 Å². The molecule has 0 bridgehead atoms. The highest BCUT2D eigenvalue weighted by Gasteiger charge is 2.30. The molecule has 1 unspecified atom stereocenters. The zero-order chi connectivity index (χ0) is 16.9. The highest BCUT2D eigenvalue weighted by molar-refractivity contribution is 5.96. The highest BCUT2D eigenvalue weighted by Crippen LogP contribution is 2.16.